The van der Waals surface area contributed by atoms with Crippen molar-refractivity contribution in [2.24, 2.45) is 0 Å². The molecule has 1 aromatic rings. The molecule has 1 aliphatic heterocycles. The molecule has 1 amide bonds. The third-order valence-corrected chi connectivity index (χ3v) is 4.02. The molecule has 0 aromatic heterocycles. The van der Waals surface area contributed by atoms with Crippen molar-refractivity contribution in [2.45, 2.75) is 30.5 Å². The molecule has 1 unspecified atom stereocenters. The first-order valence-corrected chi connectivity index (χ1v) is 6.07. The van der Waals surface area contributed by atoms with Crippen molar-refractivity contribution in [3.8, 4) is 0 Å². The van der Waals surface area contributed by atoms with Gasteiger partial charge < -0.3 is 5.32 Å². The van der Waals surface area contributed by atoms with E-state index in [1.165, 1.54) is 0 Å². The van der Waals surface area contributed by atoms with Gasteiger partial charge in [0.1, 0.15) is 4.32 Å². The van der Waals surface area contributed by atoms with E-state index in [0.717, 1.165) is 30.5 Å². The number of fused-ring (bicyclic) bond motifs is 1. The van der Waals surface area contributed by atoms with Gasteiger partial charge in [-0.25, -0.2) is 0 Å². The van der Waals surface area contributed by atoms with Gasteiger partial charge in [-0.2, -0.15) is 0 Å². The second-order valence-corrected chi connectivity index (χ2v) is 5.26. The average molecular weight is 268 g/mol. The van der Waals surface area contributed by atoms with E-state index >= 15 is 0 Å². The van der Waals surface area contributed by atoms with Gasteiger partial charge in [0.05, 0.1) is 0 Å². The van der Waals surface area contributed by atoms with Gasteiger partial charge in [-0.3, -0.25) is 4.79 Å². The molecule has 1 aliphatic rings. The third-order valence-electron chi connectivity index (χ3n) is 2.84. The molecule has 0 spiro atoms. The minimum absolute atomic E-state index is 0.0668. The minimum Gasteiger partial charge on any atom is -0.324 e. The normalized spacial score (nSPS) is 23.7. The Bertz CT molecular complexity index is 391. The first-order valence-electron chi connectivity index (χ1n) is 5.28. The molecule has 0 saturated carbocycles. The number of halogens is 1. The molecule has 2 nitrogen and oxygen atoms in total. The van der Waals surface area contributed by atoms with Gasteiger partial charge in [-0.15, -0.1) is 0 Å². The van der Waals surface area contributed by atoms with Crippen LogP contribution in [0.25, 0.3) is 0 Å². The molecule has 1 aromatic carbocycles. The Balaban J connectivity index is 2.36. The zero-order valence-electron chi connectivity index (χ0n) is 8.72. The Morgan fingerprint density at radius 3 is 2.87 bits per heavy atom. The van der Waals surface area contributed by atoms with Gasteiger partial charge in [0.25, 0.3) is 0 Å². The van der Waals surface area contributed by atoms with E-state index in [2.05, 4.69) is 28.2 Å². The van der Waals surface area contributed by atoms with E-state index in [-0.39, 0.29) is 5.91 Å². The lowest BCUT2D eigenvalue weighted by molar-refractivity contribution is -0.118. The largest absolute Gasteiger partial charge is 0.324 e. The summed E-state index contributed by atoms with van der Waals surface area (Å²) in [5.41, 5.74) is 2.01. The molecule has 1 heterocycles. The fourth-order valence-corrected chi connectivity index (χ4v) is 2.68. The highest BCUT2D eigenvalue weighted by Crippen LogP contribution is 2.45. The van der Waals surface area contributed by atoms with Gasteiger partial charge in [0.15, 0.2) is 0 Å². The Morgan fingerprint density at radius 1 is 1.40 bits per heavy atom. The van der Waals surface area contributed by atoms with Crippen LogP contribution in [0.1, 0.15) is 31.7 Å². The number of hydrogen-bond acceptors (Lipinski definition) is 1. The van der Waals surface area contributed by atoms with Gasteiger partial charge in [0.2, 0.25) is 5.91 Å². The maximum Gasteiger partial charge on any atom is 0.245 e. The van der Waals surface area contributed by atoms with E-state index in [0.29, 0.717) is 0 Å². The first-order chi connectivity index (χ1) is 7.18. The molecule has 0 aliphatic carbocycles. The summed E-state index contributed by atoms with van der Waals surface area (Å²) < 4.78 is -0.500. The van der Waals surface area contributed by atoms with Crippen LogP contribution in [0.3, 0.4) is 0 Å². The van der Waals surface area contributed by atoms with E-state index in [1.807, 2.05) is 24.3 Å². The zero-order valence-corrected chi connectivity index (χ0v) is 10.3. The Labute approximate surface area is 98.2 Å². The molecule has 15 heavy (non-hydrogen) atoms. The molecule has 3 heteroatoms. The first kappa shape index (κ1) is 10.7. The Hall–Kier alpha value is -0.830. The predicted octanol–water partition coefficient (Wildman–Crippen LogP) is 3.42. The van der Waals surface area contributed by atoms with Crippen molar-refractivity contribution in [3.05, 3.63) is 29.8 Å². The number of hydrogen-bond donors (Lipinski definition) is 1. The number of amides is 1. The quantitative estimate of drug-likeness (QED) is 0.836. The number of rotatable bonds is 3. The van der Waals surface area contributed by atoms with Crippen LogP contribution in [0, 0.1) is 0 Å². The van der Waals surface area contributed by atoms with Crippen molar-refractivity contribution in [2.75, 3.05) is 5.32 Å². The van der Waals surface area contributed by atoms with Crippen LogP contribution in [0.4, 0.5) is 5.69 Å². The van der Waals surface area contributed by atoms with Gasteiger partial charge in [0, 0.05) is 11.3 Å². The van der Waals surface area contributed by atoms with Crippen LogP contribution in [0.15, 0.2) is 24.3 Å². The zero-order chi connectivity index (χ0) is 10.9. The van der Waals surface area contributed by atoms with Crippen molar-refractivity contribution in [1.29, 1.82) is 0 Å². The summed E-state index contributed by atoms with van der Waals surface area (Å²) in [5, 5.41) is 2.91. The molecule has 1 atom stereocenters. The molecule has 0 saturated heterocycles. The number of anilines is 1. The van der Waals surface area contributed by atoms with Gasteiger partial charge in [-0.05, 0) is 12.5 Å². The number of benzene rings is 1. The molecular formula is C12H14BrNO. The van der Waals surface area contributed by atoms with Crippen LogP contribution in [-0.2, 0) is 9.12 Å². The van der Waals surface area contributed by atoms with Crippen LogP contribution < -0.4 is 5.32 Å². The van der Waals surface area contributed by atoms with Crippen molar-refractivity contribution < 1.29 is 4.79 Å². The summed E-state index contributed by atoms with van der Waals surface area (Å²) in [5.74, 6) is 0.0668. The summed E-state index contributed by atoms with van der Waals surface area (Å²) in [6, 6.07) is 7.87. The number of para-hydroxylation sites is 1. The molecule has 0 bridgehead atoms. The number of nitrogens with one attached hydrogen (secondary N) is 1. The number of carbonyl (C=O) groups excluding carboxylic acids is 1. The lowest BCUT2D eigenvalue weighted by atomic mass is 9.95. The van der Waals surface area contributed by atoms with Crippen LogP contribution in [0.2, 0.25) is 0 Å². The SMILES string of the molecule is CCCCC1(Br)C(=O)Nc2ccccc21. The topological polar surface area (TPSA) is 29.1 Å². The van der Waals surface area contributed by atoms with E-state index in [9.17, 15) is 4.79 Å². The third kappa shape index (κ3) is 1.69. The van der Waals surface area contributed by atoms with E-state index in [1.54, 1.807) is 0 Å². The fraction of sp³-hybridized carbons (Fsp3) is 0.417. The highest BCUT2D eigenvalue weighted by Gasteiger charge is 2.43. The van der Waals surface area contributed by atoms with Crippen LogP contribution >= 0.6 is 15.9 Å². The lowest BCUT2D eigenvalue weighted by Gasteiger charge is -2.19. The maximum atomic E-state index is 11.9. The number of alkyl halides is 1. The summed E-state index contributed by atoms with van der Waals surface area (Å²) in [4.78, 5) is 11.9. The highest BCUT2D eigenvalue weighted by atomic mass is 79.9. The second-order valence-electron chi connectivity index (χ2n) is 3.90. The summed E-state index contributed by atoms with van der Waals surface area (Å²) in [6.07, 6.45) is 3.00. The summed E-state index contributed by atoms with van der Waals surface area (Å²) >= 11 is 3.60. The molecule has 0 fully saturated rings. The van der Waals surface area contributed by atoms with Crippen LogP contribution in [0.5, 0.6) is 0 Å². The molecule has 80 valence electrons. The number of unbranched alkanes of at least 4 members (excludes halogenated alkanes) is 1. The average Bonchev–Trinajstić information content (AvgIpc) is 2.50. The fourth-order valence-electron chi connectivity index (χ4n) is 1.95. The van der Waals surface area contributed by atoms with E-state index < -0.39 is 4.32 Å². The summed E-state index contributed by atoms with van der Waals surface area (Å²) in [7, 11) is 0. The molecular weight excluding hydrogens is 254 g/mol. The number of carbonyl (C=O) groups is 1. The van der Waals surface area contributed by atoms with Crippen molar-refractivity contribution in [3.63, 3.8) is 0 Å². The minimum atomic E-state index is -0.500. The highest BCUT2D eigenvalue weighted by molar-refractivity contribution is 9.10. The molecule has 1 N–H and O–H groups in total. The second kappa shape index (κ2) is 3.97. The summed E-state index contributed by atoms with van der Waals surface area (Å²) in [6.45, 7) is 2.13. The van der Waals surface area contributed by atoms with Crippen molar-refractivity contribution in [1.82, 2.24) is 0 Å². The maximum absolute atomic E-state index is 11.9. The van der Waals surface area contributed by atoms with Crippen LogP contribution in [-0.4, -0.2) is 5.91 Å². The van der Waals surface area contributed by atoms with Gasteiger partial charge >= 0.3 is 0 Å². The Kier molecular flexibility index (Phi) is 2.83. The predicted molar refractivity (Wildman–Crippen MR) is 65.2 cm³/mol. The Morgan fingerprint density at radius 2 is 2.13 bits per heavy atom. The van der Waals surface area contributed by atoms with E-state index in [4.69, 9.17) is 0 Å². The molecule has 2 rings (SSSR count). The monoisotopic (exact) mass is 267 g/mol. The standard InChI is InChI=1S/C12H14BrNO/c1-2-3-8-12(13)9-6-4-5-7-10(9)14-11(12)15/h4-7H,2-3,8H2,1H3,(H,14,15). The smallest absolute Gasteiger partial charge is 0.245 e. The molecule has 0 radical (unpaired) electrons. The van der Waals surface area contributed by atoms with Gasteiger partial charge in [-0.1, -0.05) is 53.9 Å². The van der Waals surface area contributed by atoms with Crippen molar-refractivity contribution >= 4 is 27.5 Å². The lowest BCUT2D eigenvalue weighted by Crippen LogP contribution is -2.27.